The molecule has 172 valence electrons. The molecule has 5 rings (SSSR count). The molecule has 1 fully saturated rings. The number of carbonyl (C=O) groups excluding carboxylic acids is 1. The highest BCUT2D eigenvalue weighted by atomic mass is 16.5. The summed E-state index contributed by atoms with van der Waals surface area (Å²) in [6.45, 7) is 3.14. The molecule has 34 heavy (non-hydrogen) atoms. The largest absolute Gasteiger partial charge is 0.380 e. The monoisotopic (exact) mass is 452 g/mol. The number of carbonyl (C=O) groups is 1. The molecule has 0 saturated carbocycles. The van der Waals surface area contributed by atoms with Crippen LogP contribution in [-0.2, 0) is 5.60 Å². The first kappa shape index (κ1) is 22.1. The van der Waals surface area contributed by atoms with Gasteiger partial charge in [0.15, 0.2) is 5.76 Å². The molecular formula is C29H28N2O3. The molecule has 1 aromatic heterocycles. The third kappa shape index (κ3) is 4.03. The molecule has 0 aliphatic carbocycles. The number of aromatic nitrogens is 1. The van der Waals surface area contributed by atoms with Gasteiger partial charge in [-0.1, -0.05) is 95.6 Å². The van der Waals surface area contributed by atoms with E-state index in [2.05, 4.69) is 5.16 Å². The molecule has 5 heteroatoms. The molecule has 5 nitrogen and oxygen atoms in total. The molecule has 0 radical (unpaired) electrons. The van der Waals surface area contributed by atoms with Crippen molar-refractivity contribution in [1.29, 1.82) is 0 Å². The second-order valence-electron chi connectivity index (χ2n) is 9.00. The summed E-state index contributed by atoms with van der Waals surface area (Å²) in [5, 5.41) is 16.0. The van der Waals surface area contributed by atoms with E-state index in [1.807, 2.05) is 96.8 Å². The highest BCUT2D eigenvalue weighted by Gasteiger charge is 2.42. The molecule has 1 amide bonds. The van der Waals surface area contributed by atoms with Gasteiger partial charge in [0.1, 0.15) is 11.2 Å². The number of aliphatic hydroxyl groups is 1. The number of benzene rings is 3. The van der Waals surface area contributed by atoms with Gasteiger partial charge in [-0.15, -0.1) is 0 Å². The lowest BCUT2D eigenvalue weighted by atomic mass is 9.72. The number of rotatable bonds is 5. The third-order valence-electron chi connectivity index (χ3n) is 6.92. The van der Waals surface area contributed by atoms with Gasteiger partial charge < -0.3 is 14.5 Å². The van der Waals surface area contributed by atoms with E-state index in [0.29, 0.717) is 37.3 Å². The summed E-state index contributed by atoms with van der Waals surface area (Å²) in [5.74, 6) is 0.399. The molecule has 1 aliphatic rings. The fourth-order valence-corrected chi connectivity index (χ4v) is 5.00. The van der Waals surface area contributed by atoms with Crippen LogP contribution in [0.25, 0.3) is 11.3 Å². The SMILES string of the molecule is Cc1ccc(-c2oncc2C(=O)N2CCC(C(O)(c3ccccc3)c3ccccc3)CC2)cc1. The van der Waals surface area contributed by atoms with Crippen molar-refractivity contribution in [2.75, 3.05) is 13.1 Å². The van der Waals surface area contributed by atoms with Crippen molar-refractivity contribution in [2.45, 2.75) is 25.4 Å². The van der Waals surface area contributed by atoms with Gasteiger partial charge in [-0.05, 0) is 36.8 Å². The Balaban J connectivity index is 1.37. The lowest BCUT2D eigenvalue weighted by Gasteiger charge is -2.42. The van der Waals surface area contributed by atoms with E-state index < -0.39 is 5.60 Å². The Hall–Kier alpha value is -3.70. The van der Waals surface area contributed by atoms with Gasteiger partial charge in [-0.2, -0.15) is 0 Å². The first-order valence-electron chi connectivity index (χ1n) is 11.7. The molecule has 0 spiro atoms. The van der Waals surface area contributed by atoms with E-state index >= 15 is 0 Å². The zero-order valence-corrected chi connectivity index (χ0v) is 19.2. The molecule has 1 saturated heterocycles. The van der Waals surface area contributed by atoms with Crippen LogP contribution >= 0.6 is 0 Å². The summed E-state index contributed by atoms with van der Waals surface area (Å²) in [7, 11) is 0. The minimum atomic E-state index is -1.11. The van der Waals surface area contributed by atoms with E-state index in [1.54, 1.807) is 0 Å². The number of amides is 1. The normalized spacial score (nSPS) is 14.8. The number of hydrogen-bond acceptors (Lipinski definition) is 4. The van der Waals surface area contributed by atoms with Crippen LogP contribution in [0.5, 0.6) is 0 Å². The van der Waals surface area contributed by atoms with Crippen molar-refractivity contribution >= 4 is 5.91 Å². The Bertz CT molecular complexity index is 1200. The minimum absolute atomic E-state index is 0.0135. The molecule has 0 unspecified atom stereocenters. The van der Waals surface area contributed by atoms with Gasteiger partial charge >= 0.3 is 0 Å². The summed E-state index contributed by atoms with van der Waals surface area (Å²) < 4.78 is 5.46. The number of aryl methyl sites for hydroxylation is 1. The molecule has 1 aliphatic heterocycles. The van der Waals surface area contributed by atoms with Gasteiger partial charge in [-0.25, -0.2) is 0 Å². The zero-order valence-electron chi connectivity index (χ0n) is 19.2. The fraction of sp³-hybridized carbons (Fsp3) is 0.241. The zero-order chi connectivity index (χ0) is 23.5. The lowest BCUT2D eigenvalue weighted by molar-refractivity contribution is -0.0122. The van der Waals surface area contributed by atoms with Crippen LogP contribution in [0.3, 0.4) is 0 Å². The molecule has 0 bridgehead atoms. The topological polar surface area (TPSA) is 66.6 Å². The molecular weight excluding hydrogens is 424 g/mol. The lowest BCUT2D eigenvalue weighted by Crippen LogP contribution is -2.46. The molecule has 4 aromatic rings. The van der Waals surface area contributed by atoms with Crippen molar-refractivity contribution in [3.63, 3.8) is 0 Å². The highest BCUT2D eigenvalue weighted by molar-refractivity contribution is 5.99. The van der Waals surface area contributed by atoms with Gasteiger partial charge in [0, 0.05) is 18.7 Å². The Morgan fingerprint density at radius 2 is 1.47 bits per heavy atom. The quantitative estimate of drug-likeness (QED) is 0.438. The maximum Gasteiger partial charge on any atom is 0.259 e. The summed E-state index contributed by atoms with van der Waals surface area (Å²) >= 11 is 0. The fourth-order valence-electron chi connectivity index (χ4n) is 5.00. The Morgan fingerprint density at radius 3 is 2.03 bits per heavy atom. The van der Waals surface area contributed by atoms with Crippen LogP contribution in [0.2, 0.25) is 0 Å². The first-order valence-corrected chi connectivity index (χ1v) is 11.7. The Labute approximate surface area is 199 Å². The van der Waals surface area contributed by atoms with Crippen LogP contribution in [0.4, 0.5) is 0 Å². The first-order chi connectivity index (χ1) is 16.6. The van der Waals surface area contributed by atoms with Crippen molar-refractivity contribution in [3.05, 3.63) is 113 Å². The van der Waals surface area contributed by atoms with Gasteiger partial charge in [0.25, 0.3) is 5.91 Å². The number of hydrogen-bond donors (Lipinski definition) is 1. The predicted molar refractivity (Wildman–Crippen MR) is 131 cm³/mol. The number of nitrogens with zero attached hydrogens (tertiary/aromatic N) is 2. The van der Waals surface area contributed by atoms with Crippen molar-refractivity contribution in [2.24, 2.45) is 5.92 Å². The van der Waals surface area contributed by atoms with Crippen molar-refractivity contribution < 1.29 is 14.4 Å². The standard InChI is InChI=1S/C29H28N2O3/c1-21-12-14-22(15-13-21)27-26(20-30-34-27)28(32)31-18-16-25(17-19-31)29(33,23-8-4-2-5-9-23)24-10-6-3-7-11-24/h2-15,20,25,33H,16-19H2,1H3. The molecule has 0 atom stereocenters. The number of piperidine rings is 1. The number of likely N-dealkylation sites (tertiary alicyclic amines) is 1. The maximum atomic E-state index is 13.4. The molecule has 1 N–H and O–H groups in total. The van der Waals surface area contributed by atoms with Gasteiger partial charge in [0.2, 0.25) is 0 Å². The van der Waals surface area contributed by atoms with Crippen LogP contribution in [0, 0.1) is 12.8 Å². The van der Waals surface area contributed by atoms with Crippen molar-refractivity contribution in [3.8, 4) is 11.3 Å². The summed E-state index contributed by atoms with van der Waals surface area (Å²) in [4.78, 5) is 15.2. The Kier molecular flexibility index (Phi) is 6.03. The predicted octanol–water partition coefficient (Wildman–Crippen LogP) is 5.44. The van der Waals surface area contributed by atoms with Crippen LogP contribution in [0.15, 0.2) is 95.6 Å². The van der Waals surface area contributed by atoms with E-state index in [9.17, 15) is 9.90 Å². The molecule has 2 heterocycles. The average Bonchev–Trinajstić information content (AvgIpc) is 3.39. The van der Waals surface area contributed by atoms with Gasteiger partial charge in [-0.3, -0.25) is 4.79 Å². The van der Waals surface area contributed by atoms with Crippen LogP contribution in [0.1, 0.15) is 39.9 Å². The second-order valence-corrected chi connectivity index (χ2v) is 9.00. The third-order valence-corrected chi connectivity index (χ3v) is 6.92. The minimum Gasteiger partial charge on any atom is -0.380 e. The van der Waals surface area contributed by atoms with E-state index in [1.165, 1.54) is 6.20 Å². The smallest absolute Gasteiger partial charge is 0.259 e. The highest BCUT2D eigenvalue weighted by Crippen LogP contribution is 2.42. The van der Waals surface area contributed by atoms with E-state index in [0.717, 1.165) is 22.3 Å². The summed E-state index contributed by atoms with van der Waals surface area (Å²) in [5.41, 5.74) is 3.11. The van der Waals surface area contributed by atoms with E-state index in [4.69, 9.17) is 4.52 Å². The van der Waals surface area contributed by atoms with Crippen molar-refractivity contribution in [1.82, 2.24) is 10.1 Å². The van der Waals surface area contributed by atoms with Crippen LogP contribution in [-0.4, -0.2) is 34.2 Å². The molecule has 3 aromatic carbocycles. The Morgan fingerprint density at radius 1 is 0.912 bits per heavy atom. The second kappa shape index (κ2) is 9.27. The maximum absolute atomic E-state index is 13.4. The summed E-state index contributed by atoms with van der Waals surface area (Å²) in [6, 6.07) is 27.5. The summed E-state index contributed by atoms with van der Waals surface area (Å²) in [6.07, 6.45) is 2.89. The average molecular weight is 453 g/mol. The van der Waals surface area contributed by atoms with Gasteiger partial charge in [0.05, 0.1) is 6.20 Å². The van der Waals surface area contributed by atoms with E-state index in [-0.39, 0.29) is 11.8 Å². The van der Waals surface area contributed by atoms with Crippen LogP contribution < -0.4 is 0 Å².